The summed E-state index contributed by atoms with van der Waals surface area (Å²) in [6.07, 6.45) is 3.90. The average Bonchev–Trinajstić information content (AvgIpc) is 3.02. The van der Waals surface area contributed by atoms with E-state index in [1.165, 1.54) is 11.3 Å². The average molecular weight is 501 g/mol. The quantitative estimate of drug-likeness (QED) is 0.481. The Morgan fingerprint density at radius 1 is 1.00 bits per heavy atom. The number of anilines is 1. The number of carbonyl (C=O) groups excluding carboxylic acids is 1. The third-order valence-electron chi connectivity index (χ3n) is 6.08. The predicted molar refractivity (Wildman–Crippen MR) is 138 cm³/mol. The fourth-order valence-electron chi connectivity index (χ4n) is 4.08. The number of amides is 1. The number of aromatic nitrogens is 1. The number of sulfonamides is 1. The molecule has 7 nitrogen and oxygen atoms in total. The number of fused-ring (bicyclic) bond motifs is 1. The summed E-state index contributed by atoms with van der Waals surface area (Å²) in [6, 6.07) is 12.4. The zero-order valence-corrected chi connectivity index (χ0v) is 21.7. The number of hydrogen-bond donors (Lipinski definition) is 0. The highest BCUT2D eigenvalue weighted by molar-refractivity contribution is 7.89. The lowest BCUT2D eigenvalue weighted by molar-refractivity contribution is 0.0985. The topological polar surface area (TPSA) is 73.8 Å². The molecule has 34 heavy (non-hydrogen) atoms. The van der Waals surface area contributed by atoms with E-state index < -0.39 is 10.0 Å². The van der Waals surface area contributed by atoms with E-state index in [2.05, 4.69) is 6.07 Å². The van der Waals surface area contributed by atoms with Gasteiger partial charge in [-0.25, -0.2) is 13.4 Å². The highest BCUT2D eigenvalue weighted by atomic mass is 32.2. The van der Waals surface area contributed by atoms with Gasteiger partial charge >= 0.3 is 0 Å². The Kier molecular flexibility index (Phi) is 7.67. The molecule has 1 amide bonds. The molecule has 0 saturated carbocycles. The van der Waals surface area contributed by atoms with Crippen LogP contribution in [0, 0.1) is 6.92 Å². The summed E-state index contributed by atoms with van der Waals surface area (Å²) in [5.74, 6) is -0.184. The van der Waals surface area contributed by atoms with E-state index in [9.17, 15) is 13.2 Å². The van der Waals surface area contributed by atoms with Gasteiger partial charge in [-0.15, -0.1) is 0 Å². The first-order valence-electron chi connectivity index (χ1n) is 11.7. The summed E-state index contributed by atoms with van der Waals surface area (Å²) in [6.45, 7) is 4.31. The van der Waals surface area contributed by atoms with Gasteiger partial charge in [0.15, 0.2) is 5.13 Å². The monoisotopic (exact) mass is 500 g/mol. The van der Waals surface area contributed by atoms with E-state index in [0.717, 1.165) is 41.5 Å². The maximum atomic E-state index is 13.5. The second kappa shape index (κ2) is 10.5. The van der Waals surface area contributed by atoms with Crippen molar-refractivity contribution in [2.24, 2.45) is 0 Å². The molecule has 0 unspecified atom stereocenters. The molecule has 1 aromatic heterocycles. The maximum absolute atomic E-state index is 13.5. The molecule has 0 atom stereocenters. The molecule has 0 bridgehead atoms. The standard InChI is InChI=1S/C25H32N4O3S2/c1-19-8-13-22-23(18-19)33-25(26-22)29(17-16-27(2)3)24(30)20-9-11-21(12-10-20)34(31,32)28-14-6-4-5-7-15-28/h8-13,18H,4-7,14-17H2,1-3H3. The van der Waals surface area contributed by atoms with E-state index in [1.807, 2.05) is 38.1 Å². The van der Waals surface area contributed by atoms with Gasteiger partial charge in [0.2, 0.25) is 10.0 Å². The van der Waals surface area contributed by atoms with Crippen LogP contribution >= 0.6 is 11.3 Å². The van der Waals surface area contributed by atoms with Gasteiger partial charge in [0.05, 0.1) is 15.1 Å². The van der Waals surface area contributed by atoms with Crippen molar-refractivity contribution >= 4 is 42.6 Å². The molecular formula is C25H32N4O3S2. The molecule has 1 fully saturated rings. The summed E-state index contributed by atoms with van der Waals surface area (Å²) in [5, 5.41) is 0.647. The van der Waals surface area contributed by atoms with Crippen LogP contribution in [-0.4, -0.2) is 68.8 Å². The van der Waals surface area contributed by atoms with E-state index in [-0.39, 0.29) is 10.8 Å². The van der Waals surface area contributed by atoms with Crippen LogP contribution in [0.4, 0.5) is 5.13 Å². The SMILES string of the molecule is Cc1ccc2nc(N(CCN(C)C)C(=O)c3ccc(S(=O)(=O)N4CCCCCC4)cc3)sc2c1. The van der Waals surface area contributed by atoms with Crippen molar-refractivity contribution in [2.75, 3.05) is 45.2 Å². The molecule has 0 aliphatic carbocycles. The van der Waals surface area contributed by atoms with Crippen molar-refractivity contribution < 1.29 is 13.2 Å². The highest BCUT2D eigenvalue weighted by Gasteiger charge is 2.26. The molecule has 0 spiro atoms. The van der Waals surface area contributed by atoms with Gasteiger partial charge in [-0.1, -0.05) is 30.2 Å². The number of thiazole rings is 1. The smallest absolute Gasteiger partial charge is 0.260 e. The van der Waals surface area contributed by atoms with Crippen LogP contribution in [0.1, 0.15) is 41.6 Å². The fraction of sp³-hybridized carbons (Fsp3) is 0.440. The normalized spacial score (nSPS) is 15.5. The number of carbonyl (C=O) groups is 1. The van der Waals surface area contributed by atoms with Crippen LogP contribution in [-0.2, 0) is 10.0 Å². The Hall–Kier alpha value is -2.33. The Morgan fingerprint density at radius 2 is 1.68 bits per heavy atom. The van der Waals surface area contributed by atoms with Crippen LogP contribution in [0.15, 0.2) is 47.4 Å². The Bertz CT molecular complexity index is 1240. The van der Waals surface area contributed by atoms with Gasteiger partial charge in [0.1, 0.15) is 0 Å². The van der Waals surface area contributed by atoms with Gasteiger partial charge < -0.3 is 4.90 Å². The first-order chi connectivity index (χ1) is 16.3. The lowest BCUT2D eigenvalue weighted by atomic mass is 10.2. The fourth-order valence-corrected chi connectivity index (χ4v) is 6.68. The van der Waals surface area contributed by atoms with E-state index in [0.29, 0.717) is 36.9 Å². The zero-order valence-electron chi connectivity index (χ0n) is 20.0. The molecule has 3 aromatic rings. The number of likely N-dealkylation sites (N-methyl/N-ethyl adjacent to an activating group) is 1. The molecule has 9 heteroatoms. The summed E-state index contributed by atoms with van der Waals surface area (Å²) in [7, 11) is 0.379. The third kappa shape index (κ3) is 5.49. The first-order valence-corrected chi connectivity index (χ1v) is 14.0. The molecule has 0 N–H and O–H groups in total. The second-order valence-corrected chi connectivity index (χ2v) is 12.0. The van der Waals surface area contributed by atoms with Crippen LogP contribution < -0.4 is 4.90 Å². The number of aryl methyl sites for hydroxylation is 1. The van der Waals surface area contributed by atoms with E-state index in [4.69, 9.17) is 4.98 Å². The maximum Gasteiger partial charge on any atom is 0.260 e. The molecular weight excluding hydrogens is 468 g/mol. The molecule has 4 rings (SSSR count). The summed E-state index contributed by atoms with van der Waals surface area (Å²) >= 11 is 1.50. The second-order valence-electron chi connectivity index (χ2n) is 9.07. The van der Waals surface area contributed by atoms with Gasteiger partial charge in [-0.3, -0.25) is 9.69 Å². The Labute approximate surface area is 206 Å². The van der Waals surface area contributed by atoms with Gasteiger partial charge in [-0.05, 0) is 75.8 Å². The lowest BCUT2D eigenvalue weighted by Gasteiger charge is -2.22. The van der Waals surface area contributed by atoms with Crippen LogP contribution in [0.3, 0.4) is 0 Å². The predicted octanol–water partition coefficient (Wildman–Crippen LogP) is 4.38. The van der Waals surface area contributed by atoms with Crippen molar-refractivity contribution in [3.8, 4) is 0 Å². The van der Waals surface area contributed by atoms with Gasteiger partial charge in [0, 0.05) is 31.7 Å². The van der Waals surface area contributed by atoms with E-state index in [1.54, 1.807) is 33.5 Å². The van der Waals surface area contributed by atoms with Crippen LogP contribution in [0.5, 0.6) is 0 Å². The lowest BCUT2D eigenvalue weighted by Crippen LogP contribution is -2.36. The molecule has 1 aliphatic heterocycles. The highest BCUT2D eigenvalue weighted by Crippen LogP contribution is 2.30. The molecule has 0 radical (unpaired) electrons. The van der Waals surface area contributed by atoms with Gasteiger partial charge in [-0.2, -0.15) is 4.31 Å². The van der Waals surface area contributed by atoms with Crippen molar-refractivity contribution in [1.29, 1.82) is 0 Å². The van der Waals surface area contributed by atoms with Crippen LogP contribution in [0.25, 0.3) is 10.2 Å². The van der Waals surface area contributed by atoms with Crippen molar-refractivity contribution in [2.45, 2.75) is 37.5 Å². The largest absolute Gasteiger partial charge is 0.308 e. The van der Waals surface area contributed by atoms with Crippen molar-refractivity contribution in [3.63, 3.8) is 0 Å². The number of nitrogens with zero attached hydrogens (tertiary/aromatic N) is 4. The molecule has 1 aliphatic rings. The van der Waals surface area contributed by atoms with Crippen molar-refractivity contribution in [3.05, 3.63) is 53.6 Å². The molecule has 2 heterocycles. The molecule has 2 aromatic carbocycles. The first kappa shape index (κ1) is 24.8. The summed E-state index contributed by atoms with van der Waals surface area (Å²) < 4.78 is 28.8. The zero-order chi connectivity index (χ0) is 24.3. The summed E-state index contributed by atoms with van der Waals surface area (Å²) in [5.41, 5.74) is 2.46. The number of rotatable bonds is 7. The minimum atomic E-state index is -3.55. The number of hydrogen-bond acceptors (Lipinski definition) is 6. The number of benzene rings is 2. The Balaban J connectivity index is 1.60. The molecule has 1 saturated heterocycles. The van der Waals surface area contributed by atoms with E-state index >= 15 is 0 Å². The minimum absolute atomic E-state index is 0.184. The summed E-state index contributed by atoms with van der Waals surface area (Å²) in [4.78, 5) is 22.2. The van der Waals surface area contributed by atoms with Crippen LogP contribution in [0.2, 0.25) is 0 Å². The van der Waals surface area contributed by atoms with Gasteiger partial charge in [0.25, 0.3) is 5.91 Å². The third-order valence-corrected chi connectivity index (χ3v) is 9.04. The Morgan fingerprint density at radius 3 is 2.32 bits per heavy atom. The van der Waals surface area contributed by atoms with Crippen molar-refractivity contribution in [1.82, 2.24) is 14.2 Å². The minimum Gasteiger partial charge on any atom is -0.308 e. The molecule has 182 valence electrons.